The normalized spacial score (nSPS) is 14.8. The first-order valence-corrected chi connectivity index (χ1v) is 11.4. The quantitative estimate of drug-likeness (QED) is 0.445. The van der Waals surface area contributed by atoms with Crippen LogP contribution in [-0.2, 0) is 11.2 Å². The van der Waals surface area contributed by atoms with E-state index in [1.807, 2.05) is 43.3 Å². The highest BCUT2D eigenvalue weighted by Crippen LogP contribution is 2.38. The van der Waals surface area contributed by atoms with Crippen LogP contribution < -0.4 is 15.9 Å². The van der Waals surface area contributed by atoms with Crippen LogP contribution in [0.2, 0.25) is 0 Å². The maximum absolute atomic E-state index is 13.7. The second kappa shape index (κ2) is 9.10. The summed E-state index contributed by atoms with van der Waals surface area (Å²) in [5.74, 6) is -0.335. The summed E-state index contributed by atoms with van der Waals surface area (Å²) in [5, 5.41) is 0.452. The van der Waals surface area contributed by atoms with Gasteiger partial charge in [-0.2, -0.15) is 0 Å². The summed E-state index contributed by atoms with van der Waals surface area (Å²) >= 11 is 0. The number of benzene rings is 3. The van der Waals surface area contributed by atoms with Gasteiger partial charge >= 0.3 is 0 Å². The van der Waals surface area contributed by atoms with Crippen molar-refractivity contribution in [2.24, 2.45) is 5.73 Å². The van der Waals surface area contributed by atoms with Crippen LogP contribution in [0.3, 0.4) is 0 Å². The summed E-state index contributed by atoms with van der Waals surface area (Å²) in [6.07, 6.45) is 0.629. The van der Waals surface area contributed by atoms with Crippen molar-refractivity contribution in [2.45, 2.75) is 19.4 Å². The first kappa shape index (κ1) is 22.4. The van der Waals surface area contributed by atoms with E-state index in [-0.39, 0.29) is 23.7 Å². The first-order valence-electron chi connectivity index (χ1n) is 11.4. The number of ether oxygens (including phenoxy) is 1. The molecular weight excluding hydrogens is 444 g/mol. The smallest absolute Gasteiger partial charge is 0.290 e. The van der Waals surface area contributed by atoms with Crippen molar-refractivity contribution in [3.8, 4) is 5.75 Å². The fourth-order valence-corrected chi connectivity index (χ4v) is 4.51. The average molecular weight is 469 g/mol. The monoisotopic (exact) mass is 468 g/mol. The van der Waals surface area contributed by atoms with Gasteiger partial charge in [0.25, 0.3) is 11.8 Å². The van der Waals surface area contributed by atoms with Crippen LogP contribution in [-0.4, -0.2) is 29.9 Å². The molecule has 1 aliphatic rings. The van der Waals surface area contributed by atoms with Crippen molar-refractivity contribution < 1.29 is 18.7 Å². The summed E-state index contributed by atoms with van der Waals surface area (Å²) in [5.41, 5.74) is 8.45. The van der Waals surface area contributed by atoms with Gasteiger partial charge in [0, 0.05) is 6.54 Å². The third-order valence-electron chi connectivity index (χ3n) is 6.18. The van der Waals surface area contributed by atoms with Gasteiger partial charge in [-0.15, -0.1) is 0 Å². The van der Waals surface area contributed by atoms with E-state index in [4.69, 9.17) is 14.9 Å². The topological polar surface area (TPSA) is 103 Å². The van der Waals surface area contributed by atoms with E-state index >= 15 is 0 Å². The second-order valence-electron chi connectivity index (χ2n) is 8.63. The van der Waals surface area contributed by atoms with Crippen LogP contribution in [0.4, 0.5) is 0 Å². The molecule has 4 aromatic rings. The number of primary amides is 1. The molecular formula is C28H24N2O5. The Morgan fingerprint density at radius 3 is 2.49 bits per heavy atom. The van der Waals surface area contributed by atoms with Gasteiger partial charge in [0.05, 0.1) is 17.0 Å². The molecule has 0 fully saturated rings. The lowest BCUT2D eigenvalue weighted by molar-refractivity contribution is -0.119. The predicted octanol–water partition coefficient (Wildman–Crippen LogP) is 3.75. The number of carbonyl (C=O) groups excluding carboxylic acids is 2. The molecule has 2 heterocycles. The molecule has 7 nitrogen and oxygen atoms in total. The van der Waals surface area contributed by atoms with Crippen molar-refractivity contribution in [1.29, 1.82) is 0 Å². The van der Waals surface area contributed by atoms with Gasteiger partial charge in [-0.3, -0.25) is 14.4 Å². The number of nitrogens with two attached hydrogens (primary N) is 1. The molecule has 0 aliphatic carbocycles. The van der Waals surface area contributed by atoms with E-state index in [1.54, 1.807) is 41.3 Å². The fraction of sp³-hybridized carbons (Fsp3) is 0.179. The first-order chi connectivity index (χ1) is 16.9. The van der Waals surface area contributed by atoms with E-state index < -0.39 is 11.9 Å². The lowest BCUT2D eigenvalue weighted by Gasteiger charge is -2.25. The Kier molecular flexibility index (Phi) is 5.82. The Morgan fingerprint density at radius 1 is 1.03 bits per heavy atom. The van der Waals surface area contributed by atoms with Gasteiger partial charge < -0.3 is 19.8 Å². The molecule has 1 aromatic heterocycles. The zero-order valence-corrected chi connectivity index (χ0v) is 19.2. The Hall–Kier alpha value is -4.39. The largest absolute Gasteiger partial charge is 0.484 e. The number of fused-ring (bicyclic) bond motifs is 2. The third-order valence-corrected chi connectivity index (χ3v) is 6.18. The summed E-state index contributed by atoms with van der Waals surface area (Å²) in [4.78, 5) is 39.9. The van der Waals surface area contributed by atoms with Crippen LogP contribution in [0.5, 0.6) is 5.75 Å². The average Bonchev–Trinajstić information content (AvgIpc) is 3.14. The lowest BCUT2D eigenvalue weighted by atomic mass is 9.98. The van der Waals surface area contributed by atoms with Crippen molar-refractivity contribution in [2.75, 3.05) is 13.2 Å². The van der Waals surface area contributed by atoms with E-state index in [0.717, 1.165) is 16.7 Å². The molecule has 0 spiro atoms. The maximum atomic E-state index is 13.7. The molecule has 3 aromatic carbocycles. The zero-order valence-electron chi connectivity index (χ0n) is 19.2. The molecule has 0 saturated heterocycles. The summed E-state index contributed by atoms with van der Waals surface area (Å²) in [7, 11) is 0. The van der Waals surface area contributed by atoms with Gasteiger partial charge in [0.1, 0.15) is 11.3 Å². The Balaban J connectivity index is 1.58. The second-order valence-corrected chi connectivity index (χ2v) is 8.63. The molecule has 35 heavy (non-hydrogen) atoms. The number of amides is 2. The van der Waals surface area contributed by atoms with Crippen molar-refractivity contribution >= 4 is 22.8 Å². The molecule has 0 bridgehead atoms. The van der Waals surface area contributed by atoms with E-state index in [0.29, 0.717) is 35.2 Å². The molecule has 1 atom stereocenters. The number of aryl methyl sites for hydroxylation is 1. The van der Waals surface area contributed by atoms with Crippen molar-refractivity contribution in [3.63, 3.8) is 0 Å². The molecule has 1 unspecified atom stereocenters. The standard InChI is InChI=1S/C28H24N2O5/c1-17-7-12-22-21(15-17)26(32)24-25(19-8-10-20(11-9-19)34-16-23(29)31)30(28(33)27(24)35-22)14-13-18-5-3-2-4-6-18/h2-12,15,25H,13-14,16H2,1H3,(H2,29,31). The highest BCUT2D eigenvalue weighted by atomic mass is 16.5. The Morgan fingerprint density at radius 2 is 1.77 bits per heavy atom. The maximum Gasteiger partial charge on any atom is 0.290 e. The number of carbonyl (C=O) groups is 2. The van der Waals surface area contributed by atoms with Gasteiger partial charge in [0.2, 0.25) is 5.76 Å². The van der Waals surface area contributed by atoms with Crippen LogP contribution in [0.25, 0.3) is 11.0 Å². The Bertz CT molecular complexity index is 1480. The highest BCUT2D eigenvalue weighted by Gasteiger charge is 2.42. The van der Waals surface area contributed by atoms with Crippen LogP contribution in [0, 0.1) is 6.92 Å². The number of hydrogen-bond donors (Lipinski definition) is 1. The summed E-state index contributed by atoms with van der Waals surface area (Å²) < 4.78 is 11.4. The fourth-order valence-electron chi connectivity index (χ4n) is 4.51. The van der Waals surface area contributed by atoms with Crippen LogP contribution >= 0.6 is 0 Å². The van der Waals surface area contributed by atoms with Gasteiger partial charge in [-0.25, -0.2) is 0 Å². The van der Waals surface area contributed by atoms with Gasteiger partial charge in [-0.05, 0) is 48.7 Å². The molecule has 2 amide bonds. The van der Waals surface area contributed by atoms with Crippen LogP contribution in [0.1, 0.15) is 38.9 Å². The minimum absolute atomic E-state index is 0.0819. The number of hydrogen-bond acceptors (Lipinski definition) is 5. The number of nitrogens with zero attached hydrogens (tertiary/aromatic N) is 1. The van der Waals surface area contributed by atoms with E-state index in [2.05, 4.69) is 0 Å². The minimum atomic E-state index is -0.604. The summed E-state index contributed by atoms with van der Waals surface area (Å²) in [6, 6.07) is 21.6. The number of rotatable bonds is 7. The Labute approximate surface area is 201 Å². The van der Waals surface area contributed by atoms with E-state index in [1.165, 1.54) is 0 Å². The lowest BCUT2D eigenvalue weighted by Crippen LogP contribution is -2.31. The van der Waals surface area contributed by atoms with Crippen molar-refractivity contribution in [3.05, 3.63) is 111 Å². The minimum Gasteiger partial charge on any atom is -0.484 e. The highest BCUT2D eigenvalue weighted by molar-refractivity contribution is 5.99. The molecule has 1 aliphatic heterocycles. The molecule has 0 radical (unpaired) electrons. The molecule has 0 saturated carbocycles. The summed E-state index contributed by atoms with van der Waals surface area (Å²) in [6.45, 7) is 2.08. The molecule has 176 valence electrons. The predicted molar refractivity (Wildman–Crippen MR) is 131 cm³/mol. The third kappa shape index (κ3) is 4.28. The molecule has 5 rings (SSSR count). The van der Waals surface area contributed by atoms with Gasteiger partial charge in [-0.1, -0.05) is 54.1 Å². The van der Waals surface area contributed by atoms with Crippen LogP contribution in [0.15, 0.2) is 82.0 Å². The molecule has 2 N–H and O–H groups in total. The van der Waals surface area contributed by atoms with Crippen molar-refractivity contribution in [1.82, 2.24) is 4.90 Å². The van der Waals surface area contributed by atoms with E-state index in [9.17, 15) is 14.4 Å². The van der Waals surface area contributed by atoms with Gasteiger partial charge in [0.15, 0.2) is 12.0 Å². The zero-order chi connectivity index (χ0) is 24.5. The molecule has 7 heteroatoms. The SMILES string of the molecule is Cc1ccc2oc3c(c(=O)c2c1)C(c1ccc(OCC(N)=O)cc1)N(CCc1ccccc1)C3=O.